The van der Waals surface area contributed by atoms with Gasteiger partial charge in [0.2, 0.25) is 0 Å². The largest absolute Gasteiger partial charge is 0.467 e. The molecule has 1 amide bonds. The van der Waals surface area contributed by atoms with E-state index in [9.17, 15) is 19.5 Å². The average Bonchev–Trinajstić information content (AvgIpc) is 3.35. The Hall–Kier alpha value is -3.39. The number of carbonyl (C=O) groups is 2. The number of nitrogens with one attached hydrogen (secondary N) is 1. The van der Waals surface area contributed by atoms with Crippen LogP contribution in [0.3, 0.4) is 0 Å². The number of benzene rings is 1. The Morgan fingerprint density at radius 3 is 2.69 bits per heavy atom. The molecule has 8 nitrogen and oxygen atoms in total. The van der Waals surface area contributed by atoms with Crippen LogP contribution in [0, 0.1) is 0 Å². The minimum atomic E-state index is -0.866. The quantitative estimate of drug-likeness (QED) is 0.608. The van der Waals surface area contributed by atoms with Crippen molar-refractivity contribution in [2.24, 2.45) is 0 Å². The second-order valence-corrected chi connectivity index (χ2v) is 9.10. The first-order valence-corrected chi connectivity index (χ1v) is 10.4. The van der Waals surface area contributed by atoms with Gasteiger partial charge in [-0.25, -0.2) is 4.79 Å². The molecule has 2 atom stereocenters. The number of aliphatic hydroxyl groups is 1. The van der Waals surface area contributed by atoms with Gasteiger partial charge in [0, 0.05) is 35.7 Å². The number of aliphatic hydroxyl groups excluding tert-OH is 1. The monoisotopic (exact) mass is 438 g/mol. The van der Waals surface area contributed by atoms with Gasteiger partial charge >= 0.3 is 5.97 Å². The lowest BCUT2D eigenvalue weighted by atomic mass is 9.84. The minimum Gasteiger partial charge on any atom is -0.467 e. The fourth-order valence-corrected chi connectivity index (χ4v) is 4.22. The Balaban J connectivity index is 1.89. The fraction of sp³-hybridized carbons (Fsp3) is 0.375. The van der Waals surface area contributed by atoms with Crippen LogP contribution < -0.4 is 5.56 Å². The van der Waals surface area contributed by atoms with Crippen LogP contribution in [0.15, 0.2) is 45.9 Å². The molecule has 3 heterocycles. The van der Waals surface area contributed by atoms with Gasteiger partial charge in [0.25, 0.3) is 11.5 Å². The molecule has 3 aromatic rings. The van der Waals surface area contributed by atoms with Crippen molar-refractivity contribution in [1.29, 1.82) is 0 Å². The van der Waals surface area contributed by atoms with E-state index in [1.165, 1.54) is 18.3 Å². The molecule has 1 saturated heterocycles. The van der Waals surface area contributed by atoms with Gasteiger partial charge in [-0.05, 0) is 35.2 Å². The maximum absolute atomic E-state index is 13.5. The number of amides is 1. The number of methoxy groups -OCH3 is 1. The van der Waals surface area contributed by atoms with Crippen LogP contribution in [0.5, 0.6) is 0 Å². The predicted molar refractivity (Wildman–Crippen MR) is 118 cm³/mol. The first-order chi connectivity index (χ1) is 15.1. The third kappa shape index (κ3) is 3.71. The number of H-pyrrole nitrogens is 1. The number of hydrogen-bond acceptors (Lipinski definition) is 6. The zero-order chi connectivity index (χ0) is 23.2. The summed E-state index contributed by atoms with van der Waals surface area (Å²) in [4.78, 5) is 42.1. The molecule has 0 spiro atoms. The highest BCUT2D eigenvalue weighted by Crippen LogP contribution is 2.37. The number of ether oxygens (including phenoxy) is 1. The highest BCUT2D eigenvalue weighted by molar-refractivity contribution is 6.08. The van der Waals surface area contributed by atoms with E-state index in [1.54, 1.807) is 24.4 Å². The van der Waals surface area contributed by atoms with Gasteiger partial charge in [-0.1, -0.05) is 20.8 Å². The van der Waals surface area contributed by atoms with Crippen LogP contribution >= 0.6 is 0 Å². The van der Waals surface area contributed by atoms with Crippen molar-refractivity contribution >= 4 is 22.8 Å². The summed E-state index contributed by atoms with van der Waals surface area (Å²) >= 11 is 0. The van der Waals surface area contributed by atoms with Crippen LogP contribution in [0.25, 0.3) is 22.1 Å². The molecule has 0 saturated carbocycles. The van der Waals surface area contributed by atoms with E-state index in [4.69, 9.17) is 9.15 Å². The lowest BCUT2D eigenvalue weighted by Crippen LogP contribution is -2.41. The first kappa shape index (κ1) is 21.8. The van der Waals surface area contributed by atoms with Crippen LogP contribution in [-0.4, -0.2) is 52.7 Å². The van der Waals surface area contributed by atoms with Crippen molar-refractivity contribution in [1.82, 2.24) is 9.88 Å². The van der Waals surface area contributed by atoms with Gasteiger partial charge in [0.1, 0.15) is 17.9 Å². The van der Waals surface area contributed by atoms with E-state index in [-0.39, 0.29) is 29.5 Å². The van der Waals surface area contributed by atoms with Crippen LogP contribution in [0.2, 0.25) is 0 Å². The van der Waals surface area contributed by atoms with Crippen LogP contribution in [-0.2, 0) is 14.9 Å². The van der Waals surface area contributed by atoms with E-state index in [1.807, 2.05) is 26.8 Å². The van der Waals surface area contributed by atoms with Gasteiger partial charge in [-0.2, -0.15) is 0 Å². The summed E-state index contributed by atoms with van der Waals surface area (Å²) in [5, 5.41) is 10.6. The Bertz CT molecular complexity index is 1250. The molecule has 0 aliphatic carbocycles. The molecule has 1 aliphatic heterocycles. The highest BCUT2D eigenvalue weighted by Gasteiger charge is 2.41. The molecule has 1 aromatic carbocycles. The molecular formula is C24H26N2O6. The number of esters is 1. The molecule has 4 rings (SSSR count). The Morgan fingerprint density at radius 1 is 1.28 bits per heavy atom. The SMILES string of the molecule is COC(=O)C1C[C@@H](O)CN1C(=O)c1coc2c(C(C)(C)C)cc(-c3ccc[nH]c3=O)cc12. The summed E-state index contributed by atoms with van der Waals surface area (Å²) in [6.07, 6.45) is 2.24. The zero-order valence-corrected chi connectivity index (χ0v) is 18.5. The number of fused-ring (bicyclic) bond motifs is 1. The third-order valence-corrected chi connectivity index (χ3v) is 5.85. The average molecular weight is 438 g/mol. The van der Waals surface area contributed by atoms with E-state index in [0.717, 1.165) is 5.56 Å². The summed E-state index contributed by atoms with van der Waals surface area (Å²) in [5.41, 5.74) is 2.23. The molecule has 1 unspecified atom stereocenters. The van der Waals surface area contributed by atoms with Crippen LogP contribution in [0.1, 0.15) is 43.1 Å². The van der Waals surface area contributed by atoms with E-state index in [0.29, 0.717) is 22.1 Å². The fourth-order valence-electron chi connectivity index (χ4n) is 4.22. The Kier molecular flexibility index (Phi) is 5.42. The lowest BCUT2D eigenvalue weighted by molar-refractivity contribution is -0.145. The standard InChI is InChI=1S/C24H26N2O6/c1-24(2,3)18-9-13(15-6-5-7-25-21(15)28)8-16-17(12-32-20(16)18)22(29)26-11-14(27)10-19(26)23(30)31-4/h5-9,12,14,19,27H,10-11H2,1-4H3,(H,25,28)/t14-,19?/m1/s1. The van der Waals surface area contributed by atoms with Crippen molar-refractivity contribution in [2.45, 2.75) is 44.8 Å². The number of hydrogen-bond donors (Lipinski definition) is 2. The van der Waals surface area contributed by atoms with E-state index in [2.05, 4.69) is 4.98 Å². The highest BCUT2D eigenvalue weighted by atomic mass is 16.5. The Labute approximate surface area is 184 Å². The van der Waals surface area contributed by atoms with Gasteiger partial charge in [0.05, 0.1) is 18.8 Å². The number of rotatable bonds is 3. The zero-order valence-electron chi connectivity index (χ0n) is 18.5. The summed E-state index contributed by atoms with van der Waals surface area (Å²) < 4.78 is 10.7. The number of nitrogens with zero attached hydrogens (tertiary/aromatic N) is 1. The second kappa shape index (κ2) is 7.94. The molecule has 0 bridgehead atoms. The van der Waals surface area contributed by atoms with Gasteiger partial charge < -0.3 is 24.1 Å². The van der Waals surface area contributed by atoms with Crippen molar-refractivity contribution in [3.05, 3.63) is 58.2 Å². The van der Waals surface area contributed by atoms with Crippen molar-refractivity contribution < 1.29 is 23.8 Å². The molecule has 2 N–H and O–H groups in total. The summed E-state index contributed by atoms with van der Waals surface area (Å²) in [5.74, 6) is -1.01. The minimum absolute atomic E-state index is 0.0233. The summed E-state index contributed by atoms with van der Waals surface area (Å²) in [6, 6.07) is 6.26. The van der Waals surface area contributed by atoms with Crippen molar-refractivity contribution in [2.75, 3.05) is 13.7 Å². The number of aromatic amines is 1. The molecule has 2 aromatic heterocycles. The molecule has 1 fully saturated rings. The summed E-state index contributed by atoms with van der Waals surface area (Å²) in [6.45, 7) is 6.09. The first-order valence-electron chi connectivity index (χ1n) is 10.4. The topological polar surface area (TPSA) is 113 Å². The van der Waals surface area contributed by atoms with Gasteiger partial charge in [0.15, 0.2) is 0 Å². The van der Waals surface area contributed by atoms with E-state index >= 15 is 0 Å². The smallest absolute Gasteiger partial charge is 0.328 e. The lowest BCUT2D eigenvalue weighted by Gasteiger charge is -2.22. The molecular weight excluding hydrogens is 412 g/mol. The number of carbonyl (C=O) groups excluding carboxylic acids is 2. The second-order valence-electron chi connectivity index (χ2n) is 9.10. The van der Waals surface area contributed by atoms with E-state index < -0.39 is 24.0 Å². The number of aromatic nitrogens is 1. The molecule has 0 radical (unpaired) electrons. The summed E-state index contributed by atoms with van der Waals surface area (Å²) in [7, 11) is 1.25. The molecule has 1 aliphatic rings. The number of pyridine rings is 1. The third-order valence-electron chi connectivity index (χ3n) is 5.85. The number of furan rings is 1. The number of likely N-dealkylation sites (tertiary alicyclic amines) is 1. The van der Waals surface area contributed by atoms with Crippen molar-refractivity contribution in [3.8, 4) is 11.1 Å². The molecule has 32 heavy (non-hydrogen) atoms. The van der Waals surface area contributed by atoms with Gasteiger partial charge in [-0.15, -0.1) is 0 Å². The maximum Gasteiger partial charge on any atom is 0.328 e. The maximum atomic E-state index is 13.5. The van der Waals surface area contributed by atoms with Crippen LogP contribution in [0.4, 0.5) is 0 Å². The van der Waals surface area contributed by atoms with Crippen molar-refractivity contribution in [3.63, 3.8) is 0 Å². The molecule has 8 heteroatoms. The normalized spacial score (nSPS) is 18.8. The number of β-amino-alcohol motifs (C(OH)–C–C–N with tert-alkyl or cyclic N) is 1. The molecule has 168 valence electrons. The van der Waals surface area contributed by atoms with Gasteiger partial charge in [-0.3, -0.25) is 9.59 Å². The predicted octanol–water partition coefficient (Wildman–Crippen LogP) is 2.83. The Morgan fingerprint density at radius 2 is 2.03 bits per heavy atom.